The molecule has 3 aromatic rings. The number of aromatic nitrogens is 2. The Morgan fingerprint density at radius 2 is 1.86 bits per heavy atom. The second-order valence-corrected chi connectivity index (χ2v) is 6.01. The van der Waals surface area contributed by atoms with Gasteiger partial charge in [-0.1, -0.05) is 45.7 Å². The van der Waals surface area contributed by atoms with Gasteiger partial charge in [-0.25, -0.2) is 4.68 Å². The molecular formula is C16H12BrClN2O. The molecule has 3 rings (SSSR count). The molecule has 106 valence electrons. The Morgan fingerprint density at radius 1 is 1.10 bits per heavy atom. The van der Waals surface area contributed by atoms with Crippen molar-refractivity contribution >= 4 is 27.5 Å². The summed E-state index contributed by atoms with van der Waals surface area (Å²) in [5.74, 6) is 0. The molecule has 1 unspecified atom stereocenters. The number of nitrogens with zero attached hydrogens (tertiary/aromatic N) is 2. The lowest BCUT2D eigenvalue weighted by Gasteiger charge is -2.10. The molecule has 0 saturated heterocycles. The molecule has 0 saturated carbocycles. The average molecular weight is 364 g/mol. The molecule has 21 heavy (non-hydrogen) atoms. The van der Waals surface area contributed by atoms with E-state index in [1.807, 2.05) is 42.6 Å². The minimum Gasteiger partial charge on any atom is -0.384 e. The van der Waals surface area contributed by atoms with E-state index in [-0.39, 0.29) is 0 Å². The van der Waals surface area contributed by atoms with E-state index in [1.165, 1.54) is 0 Å². The van der Waals surface area contributed by atoms with Gasteiger partial charge in [0.15, 0.2) is 0 Å². The van der Waals surface area contributed by atoms with Crippen molar-refractivity contribution in [2.45, 2.75) is 6.10 Å². The van der Waals surface area contributed by atoms with Crippen LogP contribution in [0.3, 0.4) is 0 Å². The van der Waals surface area contributed by atoms with Crippen LogP contribution in [-0.2, 0) is 0 Å². The number of benzene rings is 2. The van der Waals surface area contributed by atoms with Gasteiger partial charge in [-0.05, 0) is 35.9 Å². The monoisotopic (exact) mass is 362 g/mol. The Hall–Kier alpha value is -1.62. The third-order valence-electron chi connectivity index (χ3n) is 3.14. The maximum Gasteiger partial charge on any atom is 0.107 e. The second kappa shape index (κ2) is 6.02. The fourth-order valence-electron chi connectivity index (χ4n) is 2.13. The first kappa shape index (κ1) is 14.3. The quantitative estimate of drug-likeness (QED) is 0.750. The molecule has 0 aliphatic rings. The van der Waals surface area contributed by atoms with E-state index in [9.17, 15) is 5.11 Å². The first-order chi connectivity index (χ1) is 10.1. The van der Waals surface area contributed by atoms with Crippen LogP contribution < -0.4 is 0 Å². The number of rotatable bonds is 3. The van der Waals surface area contributed by atoms with Crippen LogP contribution in [0.1, 0.15) is 17.2 Å². The van der Waals surface area contributed by atoms with Crippen LogP contribution in [0.4, 0.5) is 0 Å². The van der Waals surface area contributed by atoms with E-state index in [2.05, 4.69) is 21.0 Å². The molecule has 0 bridgehead atoms. The maximum atomic E-state index is 10.5. The molecule has 0 aliphatic carbocycles. The van der Waals surface area contributed by atoms with E-state index in [0.29, 0.717) is 10.6 Å². The van der Waals surface area contributed by atoms with Crippen molar-refractivity contribution in [1.29, 1.82) is 0 Å². The zero-order valence-corrected chi connectivity index (χ0v) is 13.3. The van der Waals surface area contributed by atoms with Crippen LogP contribution in [0.5, 0.6) is 0 Å². The van der Waals surface area contributed by atoms with Crippen LogP contribution in [0, 0.1) is 0 Å². The maximum absolute atomic E-state index is 10.5. The summed E-state index contributed by atoms with van der Waals surface area (Å²) < 4.78 is 2.57. The van der Waals surface area contributed by atoms with Crippen molar-refractivity contribution in [3.05, 3.63) is 81.5 Å². The van der Waals surface area contributed by atoms with Gasteiger partial charge in [-0.3, -0.25) is 0 Å². The molecule has 0 radical (unpaired) electrons. The largest absolute Gasteiger partial charge is 0.384 e. The third-order valence-corrected chi connectivity index (χ3v) is 3.82. The zero-order chi connectivity index (χ0) is 14.8. The summed E-state index contributed by atoms with van der Waals surface area (Å²) in [6.45, 7) is 0. The Morgan fingerprint density at radius 3 is 2.57 bits per heavy atom. The molecule has 2 aromatic carbocycles. The molecule has 0 aliphatic heterocycles. The number of aliphatic hydroxyl groups is 1. The summed E-state index contributed by atoms with van der Waals surface area (Å²) in [6, 6.07) is 15.1. The minimum atomic E-state index is -0.766. The number of hydrogen-bond acceptors (Lipinski definition) is 2. The highest BCUT2D eigenvalue weighted by Crippen LogP contribution is 2.28. The fraction of sp³-hybridized carbons (Fsp3) is 0.0625. The summed E-state index contributed by atoms with van der Waals surface area (Å²) in [6.07, 6.45) is 2.71. The standard InChI is InChI=1S/C16H12BrClN2O/c17-13-6-11(7-14(18)8-13)16(21)12-9-19-20(10-12)15-4-2-1-3-5-15/h1-10,16,21H. The number of aliphatic hydroxyl groups excluding tert-OH is 1. The highest BCUT2D eigenvalue weighted by Gasteiger charge is 2.14. The predicted molar refractivity (Wildman–Crippen MR) is 86.8 cm³/mol. The normalized spacial score (nSPS) is 12.3. The lowest BCUT2D eigenvalue weighted by molar-refractivity contribution is 0.220. The summed E-state index contributed by atoms with van der Waals surface area (Å²) in [5, 5.41) is 15.3. The van der Waals surface area contributed by atoms with Crippen LogP contribution in [-0.4, -0.2) is 14.9 Å². The summed E-state index contributed by atoms with van der Waals surface area (Å²) in [7, 11) is 0. The Kier molecular flexibility index (Phi) is 4.10. The van der Waals surface area contributed by atoms with E-state index >= 15 is 0 Å². The summed E-state index contributed by atoms with van der Waals surface area (Å²) in [4.78, 5) is 0. The SMILES string of the molecule is OC(c1cc(Cl)cc(Br)c1)c1cnn(-c2ccccc2)c1. The van der Waals surface area contributed by atoms with Gasteiger partial charge in [-0.15, -0.1) is 0 Å². The molecule has 1 atom stereocenters. The van der Waals surface area contributed by atoms with Crippen molar-refractivity contribution in [2.75, 3.05) is 0 Å². The first-order valence-corrected chi connectivity index (χ1v) is 7.54. The minimum absolute atomic E-state index is 0.578. The Labute approximate surface area is 135 Å². The number of hydrogen-bond donors (Lipinski definition) is 1. The van der Waals surface area contributed by atoms with Gasteiger partial charge in [0.25, 0.3) is 0 Å². The van der Waals surface area contributed by atoms with Crippen molar-refractivity contribution < 1.29 is 5.11 Å². The van der Waals surface area contributed by atoms with E-state index in [4.69, 9.17) is 11.6 Å². The molecule has 0 amide bonds. The number of para-hydroxylation sites is 1. The van der Waals surface area contributed by atoms with Crippen LogP contribution in [0.15, 0.2) is 65.4 Å². The zero-order valence-electron chi connectivity index (χ0n) is 10.9. The van der Waals surface area contributed by atoms with Crippen molar-refractivity contribution in [3.8, 4) is 5.69 Å². The van der Waals surface area contributed by atoms with Gasteiger partial charge in [0.2, 0.25) is 0 Å². The smallest absolute Gasteiger partial charge is 0.107 e. The van der Waals surface area contributed by atoms with Gasteiger partial charge in [0, 0.05) is 21.3 Å². The highest BCUT2D eigenvalue weighted by atomic mass is 79.9. The van der Waals surface area contributed by atoms with E-state index in [0.717, 1.165) is 15.7 Å². The van der Waals surface area contributed by atoms with Gasteiger partial charge >= 0.3 is 0 Å². The third kappa shape index (κ3) is 3.18. The van der Waals surface area contributed by atoms with E-state index < -0.39 is 6.10 Å². The van der Waals surface area contributed by atoms with Gasteiger partial charge < -0.3 is 5.11 Å². The van der Waals surface area contributed by atoms with Crippen molar-refractivity contribution in [2.24, 2.45) is 0 Å². The molecule has 1 heterocycles. The predicted octanol–water partition coefficient (Wildman–Crippen LogP) is 4.37. The van der Waals surface area contributed by atoms with E-state index in [1.54, 1.807) is 23.0 Å². The molecule has 1 aromatic heterocycles. The highest BCUT2D eigenvalue weighted by molar-refractivity contribution is 9.10. The van der Waals surface area contributed by atoms with Gasteiger partial charge in [-0.2, -0.15) is 5.10 Å². The Bertz CT molecular complexity index is 738. The molecule has 0 fully saturated rings. The van der Waals surface area contributed by atoms with Crippen LogP contribution >= 0.6 is 27.5 Å². The Balaban J connectivity index is 1.92. The lowest BCUT2D eigenvalue weighted by atomic mass is 10.1. The average Bonchev–Trinajstić information content (AvgIpc) is 2.96. The summed E-state index contributed by atoms with van der Waals surface area (Å²) in [5.41, 5.74) is 2.39. The van der Waals surface area contributed by atoms with Crippen LogP contribution in [0.25, 0.3) is 5.69 Å². The molecule has 3 nitrogen and oxygen atoms in total. The second-order valence-electron chi connectivity index (χ2n) is 4.66. The van der Waals surface area contributed by atoms with Gasteiger partial charge in [0.1, 0.15) is 6.10 Å². The molecular weight excluding hydrogens is 352 g/mol. The first-order valence-electron chi connectivity index (χ1n) is 6.37. The summed E-state index contributed by atoms with van der Waals surface area (Å²) >= 11 is 9.40. The van der Waals surface area contributed by atoms with Gasteiger partial charge in [0.05, 0.1) is 11.9 Å². The van der Waals surface area contributed by atoms with Crippen molar-refractivity contribution in [3.63, 3.8) is 0 Å². The van der Waals surface area contributed by atoms with Crippen molar-refractivity contribution in [1.82, 2.24) is 9.78 Å². The molecule has 5 heteroatoms. The fourth-order valence-corrected chi connectivity index (χ4v) is 3.01. The lowest BCUT2D eigenvalue weighted by Crippen LogP contribution is -1.99. The molecule has 1 N–H and O–H groups in total. The number of halogens is 2. The van der Waals surface area contributed by atoms with Crippen LogP contribution in [0.2, 0.25) is 5.02 Å². The topological polar surface area (TPSA) is 38.1 Å². The molecule has 0 spiro atoms.